The number of pyridine rings is 1. The van der Waals surface area contributed by atoms with Crippen LogP contribution < -0.4 is 16.0 Å². The van der Waals surface area contributed by atoms with Gasteiger partial charge < -0.3 is 20.4 Å². The number of amides is 1. The number of hydrogen-bond acceptors (Lipinski definition) is 4. The monoisotopic (exact) mass is 441 g/mol. The fourth-order valence-corrected chi connectivity index (χ4v) is 4.25. The van der Waals surface area contributed by atoms with Gasteiger partial charge in [-0.25, -0.2) is 4.98 Å². The van der Waals surface area contributed by atoms with Crippen LogP contribution in [0.1, 0.15) is 47.3 Å². The van der Waals surface area contributed by atoms with E-state index in [1.165, 1.54) is 16.7 Å². The minimum absolute atomic E-state index is 0. The number of aryl methyl sites for hydroxylation is 4. The van der Waals surface area contributed by atoms with Crippen molar-refractivity contribution in [1.29, 1.82) is 0 Å². The molecule has 0 radical (unpaired) electrons. The molecule has 0 saturated carbocycles. The number of rotatable bonds is 6. The van der Waals surface area contributed by atoms with Crippen LogP contribution in [0.4, 0.5) is 11.4 Å². The highest BCUT2D eigenvalue weighted by Crippen LogP contribution is 2.26. The van der Waals surface area contributed by atoms with Crippen molar-refractivity contribution in [3.8, 4) is 0 Å². The Bertz CT molecular complexity index is 1070. The van der Waals surface area contributed by atoms with Crippen LogP contribution in [0.15, 0.2) is 30.5 Å². The van der Waals surface area contributed by atoms with E-state index < -0.39 is 0 Å². The van der Waals surface area contributed by atoms with Gasteiger partial charge >= 0.3 is 0 Å². The first-order valence-corrected chi connectivity index (χ1v) is 10.7. The Balaban J connectivity index is 0.00000272. The number of nitrogens with zero attached hydrogens (tertiary/aromatic N) is 2. The molecule has 4 rings (SSSR count). The van der Waals surface area contributed by atoms with Gasteiger partial charge in [0.2, 0.25) is 5.91 Å². The third kappa shape index (κ3) is 5.02. The van der Waals surface area contributed by atoms with Crippen LogP contribution in [-0.4, -0.2) is 27.9 Å². The van der Waals surface area contributed by atoms with Crippen molar-refractivity contribution in [3.63, 3.8) is 0 Å². The molecule has 0 unspecified atom stereocenters. The number of halogens is 1. The molecule has 0 spiro atoms. The molecule has 1 fully saturated rings. The molecular formula is C24H32ClN5O. The number of carbonyl (C=O) groups is 1. The molecule has 166 valence electrons. The van der Waals surface area contributed by atoms with Gasteiger partial charge in [0, 0.05) is 30.9 Å². The van der Waals surface area contributed by atoms with Crippen molar-refractivity contribution in [3.05, 3.63) is 58.5 Å². The van der Waals surface area contributed by atoms with E-state index >= 15 is 0 Å². The SMILES string of the molecule is Cc1cccc(C)c1CNc1cc(NC(=O)C[C@@H]2CCCN2)cn2c(C)c(C)nc12.Cl. The highest BCUT2D eigenvalue weighted by atomic mass is 35.5. The number of hydrogen-bond donors (Lipinski definition) is 3. The molecule has 1 amide bonds. The lowest BCUT2D eigenvalue weighted by Crippen LogP contribution is -2.27. The highest BCUT2D eigenvalue weighted by molar-refractivity contribution is 5.92. The second-order valence-corrected chi connectivity index (χ2v) is 8.39. The molecule has 7 heteroatoms. The molecular weight excluding hydrogens is 410 g/mol. The average Bonchev–Trinajstić information content (AvgIpc) is 3.30. The van der Waals surface area contributed by atoms with Gasteiger partial charge in [0.05, 0.1) is 17.1 Å². The predicted molar refractivity (Wildman–Crippen MR) is 129 cm³/mol. The van der Waals surface area contributed by atoms with E-state index in [-0.39, 0.29) is 24.4 Å². The number of imidazole rings is 1. The molecule has 3 aromatic rings. The first kappa shape index (κ1) is 23.1. The smallest absolute Gasteiger partial charge is 0.225 e. The van der Waals surface area contributed by atoms with E-state index in [1.807, 2.05) is 19.2 Å². The molecule has 1 aliphatic rings. The Morgan fingerprint density at radius 3 is 2.65 bits per heavy atom. The van der Waals surface area contributed by atoms with E-state index in [9.17, 15) is 4.79 Å². The molecule has 6 nitrogen and oxygen atoms in total. The first-order chi connectivity index (χ1) is 14.4. The number of benzene rings is 1. The van der Waals surface area contributed by atoms with E-state index in [0.717, 1.165) is 47.8 Å². The quantitative estimate of drug-likeness (QED) is 0.519. The van der Waals surface area contributed by atoms with Crippen molar-refractivity contribution in [1.82, 2.24) is 14.7 Å². The van der Waals surface area contributed by atoms with Crippen LogP contribution >= 0.6 is 12.4 Å². The molecule has 1 aliphatic heterocycles. The maximum absolute atomic E-state index is 12.6. The maximum atomic E-state index is 12.6. The van der Waals surface area contributed by atoms with Gasteiger partial charge in [0.25, 0.3) is 0 Å². The van der Waals surface area contributed by atoms with Gasteiger partial charge in [-0.2, -0.15) is 0 Å². The van der Waals surface area contributed by atoms with Crippen molar-refractivity contribution >= 4 is 35.3 Å². The summed E-state index contributed by atoms with van der Waals surface area (Å²) in [6.45, 7) is 10.1. The van der Waals surface area contributed by atoms with Crippen LogP contribution in [0.3, 0.4) is 0 Å². The van der Waals surface area contributed by atoms with E-state index in [0.29, 0.717) is 13.0 Å². The van der Waals surface area contributed by atoms with Crippen LogP contribution in [0, 0.1) is 27.7 Å². The molecule has 0 aliphatic carbocycles. The third-order valence-corrected chi connectivity index (χ3v) is 6.17. The Morgan fingerprint density at radius 2 is 1.97 bits per heavy atom. The molecule has 1 aromatic carbocycles. The summed E-state index contributed by atoms with van der Waals surface area (Å²) in [6, 6.07) is 8.64. The number of anilines is 2. The minimum Gasteiger partial charge on any atom is -0.378 e. The van der Waals surface area contributed by atoms with Crippen molar-refractivity contribution < 1.29 is 4.79 Å². The summed E-state index contributed by atoms with van der Waals surface area (Å²) in [5.74, 6) is 0.0453. The zero-order valence-corrected chi connectivity index (χ0v) is 19.5. The lowest BCUT2D eigenvalue weighted by atomic mass is 10.0. The van der Waals surface area contributed by atoms with Crippen LogP contribution in [0.25, 0.3) is 5.65 Å². The van der Waals surface area contributed by atoms with Gasteiger partial charge in [0.1, 0.15) is 0 Å². The molecule has 1 saturated heterocycles. The van der Waals surface area contributed by atoms with Gasteiger partial charge in [-0.3, -0.25) is 4.79 Å². The second kappa shape index (κ2) is 9.71. The Hall–Kier alpha value is -2.57. The topological polar surface area (TPSA) is 70.5 Å². The van der Waals surface area contributed by atoms with Crippen molar-refractivity contribution in [2.45, 2.75) is 59.5 Å². The Kier molecular flexibility index (Phi) is 7.23. The standard InChI is InChI=1S/C24H31N5O.ClH/c1-15-7-5-8-16(2)21(15)13-26-22-11-20(14-29-18(4)17(3)27-24(22)29)28-23(30)12-19-9-6-10-25-19;/h5,7-8,11,14,19,25-26H,6,9-10,12-13H2,1-4H3,(H,28,30);1H/t19-;/m0./s1. The molecule has 2 aromatic heterocycles. The Labute approximate surface area is 190 Å². The lowest BCUT2D eigenvalue weighted by Gasteiger charge is -2.15. The van der Waals surface area contributed by atoms with Gasteiger partial charge in [-0.1, -0.05) is 18.2 Å². The summed E-state index contributed by atoms with van der Waals surface area (Å²) in [5.41, 5.74) is 8.48. The summed E-state index contributed by atoms with van der Waals surface area (Å²) in [5, 5.41) is 10.0. The lowest BCUT2D eigenvalue weighted by molar-refractivity contribution is -0.116. The summed E-state index contributed by atoms with van der Waals surface area (Å²) in [6.07, 6.45) is 4.68. The van der Waals surface area contributed by atoms with Crippen LogP contribution in [-0.2, 0) is 11.3 Å². The zero-order chi connectivity index (χ0) is 21.3. The van der Waals surface area contributed by atoms with Crippen molar-refractivity contribution in [2.75, 3.05) is 17.2 Å². The normalized spacial score (nSPS) is 15.7. The van der Waals surface area contributed by atoms with Gasteiger partial charge in [0.15, 0.2) is 5.65 Å². The summed E-state index contributed by atoms with van der Waals surface area (Å²) in [7, 11) is 0. The molecule has 31 heavy (non-hydrogen) atoms. The van der Waals surface area contributed by atoms with Gasteiger partial charge in [-0.05, 0) is 69.8 Å². The predicted octanol–water partition coefficient (Wildman–Crippen LogP) is 4.68. The van der Waals surface area contributed by atoms with Gasteiger partial charge in [-0.15, -0.1) is 12.4 Å². The number of nitrogens with one attached hydrogen (secondary N) is 3. The largest absolute Gasteiger partial charge is 0.378 e. The van der Waals surface area contributed by atoms with Crippen molar-refractivity contribution in [2.24, 2.45) is 0 Å². The molecule has 0 bridgehead atoms. The zero-order valence-electron chi connectivity index (χ0n) is 18.7. The van der Waals surface area contributed by atoms with Crippen LogP contribution in [0.2, 0.25) is 0 Å². The number of carbonyl (C=O) groups excluding carboxylic acids is 1. The molecule has 3 N–H and O–H groups in total. The maximum Gasteiger partial charge on any atom is 0.225 e. The fraction of sp³-hybridized carbons (Fsp3) is 0.417. The second-order valence-electron chi connectivity index (χ2n) is 8.39. The molecule has 1 atom stereocenters. The average molecular weight is 442 g/mol. The van der Waals surface area contributed by atoms with E-state index in [4.69, 9.17) is 4.98 Å². The summed E-state index contributed by atoms with van der Waals surface area (Å²) in [4.78, 5) is 17.3. The highest BCUT2D eigenvalue weighted by Gasteiger charge is 2.18. The minimum atomic E-state index is 0. The summed E-state index contributed by atoms with van der Waals surface area (Å²) < 4.78 is 2.06. The van der Waals surface area contributed by atoms with Crippen LogP contribution in [0.5, 0.6) is 0 Å². The van der Waals surface area contributed by atoms with E-state index in [1.54, 1.807) is 0 Å². The summed E-state index contributed by atoms with van der Waals surface area (Å²) >= 11 is 0. The number of aromatic nitrogens is 2. The Morgan fingerprint density at radius 1 is 1.23 bits per heavy atom. The third-order valence-electron chi connectivity index (χ3n) is 6.17. The number of fused-ring (bicyclic) bond motifs is 1. The van der Waals surface area contributed by atoms with E-state index in [2.05, 4.69) is 59.3 Å². The molecule has 3 heterocycles. The first-order valence-electron chi connectivity index (χ1n) is 10.7. The fourth-order valence-electron chi connectivity index (χ4n) is 4.25.